The first-order valence-electron chi connectivity index (χ1n) is 7.94. The molecule has 8 heteroatoms. The second-order valence-electron chi connectivity index (χ2n) is 5.90. The first kappa shape index (κ1) is 14.7. The highest BCUT2D eigenvalue weighted by molar-refractivity contribution is 5.78. The van der Waals surface area contributed by atoms with Crippen LogP contribution >= 0.6 is 0 Å². The van der Waals surface area contributed by atoms with E-state index in [2.05, 4.69) is 20.1 Å². The first-order chi connectivity index (χ1) is 11.7. The lowest BCUT2D eigenvalue weighted by molar-refractivity contribution is -0.131. The lowest BCUT2D eigenvalue weighted by Crippen LogP contribution is -2.49. The zero-order valence-electron chi connectivity index (χ0n) is 13.4. The molecule has 0 aliphatic carbocycles. The molecule has 24 heavy (non-hydrogen) atoms. The van der Waals surface area contributed by atoms with Gasteiger partial charge in [-0.15, -0.1) is 5.10 Å². The van der Waals surface area contributed by atoms with Crippen LogP contribution in [-0.2, 0) is 11.2 Å². The molecular weight excluding hydrogens is 308 g/mol. The van der Waals surface area contributed by atoms with Crippen LogP contribution in [0.25, 0.3) is 5.65 Å². The molecule has 0 N–H and O–H groups in total. The summed E-state index contributed by atoms with van der Waals surface area (Å²) in [5, 5.41) is 8.37. The van der Waals surface area contributed by atoms with Crippen LogP contribution in [0.5, 0.6) is 0 Å². The number of aryl methyl sites for hydroxylation is 1. The van der Waals surface area contributed by atoms with Crippen LogP contribution in [0.4, 0.5) is 5.82 Å². The number of carbonyl (C=O) groups excluding carboxylic acids is 1. The van der Waals surface area contributed by atoms with E-state index in [-0.39, 0.29) is 12.3 Å². The molecule has 124 valence electrons. The van der Waals surface area contributed by atoms with E-state index < -0.39 is 0 Å². The van der Waals surface area contributed by atoms with E-state index >= 15 is 0 Å². The van der Waals surface area contributed by atoms with Gasteiger partial charge in [0.05, 0.1) is 12.1 Å². The van der Waals surface area contributed by atoms with Crippen LogP contribution in [0.3, 0.4) is 0 Å². The number of imidazole rings is 1. The van der Waals surface area contributed by atoms with Gasteiger partial charge >= 0.3 is 0 Å². The minimum Gasteiger partial charge on any atom is -0.361 e. The highest BCUT2D eigenvalue weighted by Crippen LogP contribution is 2.15. The van der Waals surface area contributed by atoms with Crippen LogP contribution < -0.4 is 4.90 Å². The van der Waals surface area contributed by atoms with Crippen LogP contribution in [0.15, 0.2) is 35.1 Å². The minimum atomic E-state index is 0.0730. The van der Waals surface area contributed by atoms with Crippen molar-refractivity contribution in [3.05, 3.63) is 42.0 Å². The van der Waals surface area contributed by atoms with Gasteiger partial charge in [0, 0.05) is 44.6 Å². The monoisotopic (exact) mass is 326 g/mol. The summed E-state index contributed by atoms with van der Waals surface area (Å²) in [7, 11) is 0. The fourth-order valence-corrected chi connectivity index (χ4v) is 2.92. The Hall–Kier alpha value is -2.90. The van der Waals surface area contributed by atoms with E-state index in [1.54, 1.807) is 16.8 Å². The summed E-state index contributed by atoms with van der Waals surface area (Å²) in [6.45, 7) is 4.72. The lowest BCUT2D eigenvalue weighted by Gasteiger charge is -2.35. The second kappa shape index (κ2) is 5.95. The third kappa shape index (κ3) is 2.82. The van der Waals surface area contributed by atoms with Gasteiger partial charge in [0.2, 0.25) is 5.91 Å². The van der Waals surface area contributed by atoms with Gasteiger partial charge in [0.25, 0.3) is 0 Å². The van der Waals surface area contributed by atoms with Gasteiger partial charge in [-0.25, -0.2) is 9.50 Å². The van der Waals surface area contributed by atoms with Gasteiger partial charge in [-0.1, -0.05) is 5.16 Å². The Kier molecular flexibility index (Phi) is 3.64. The molecule has 3 aromatic heterocycles. The van der Waals surface area contributed by atoms with Crippen molar-refractivity contribution < 1.29 is 9.32 Å². The third-order valence-corrected chi connectivity index (χ3v) is 4.20. The van der Waals surface area contributed by atoms with Gasteiger partial charge in [0.1, 0.15) is 11.6 Å². The van der Waals surface area contributed by atoms with Gasteiger partial charge in [0.15, 0.2) is 5.65 Å². The highest BCUT2D eigenvalue weighted by Gasteiger charge is 2.23. The average molecular weight is 326 g/mol. The van der Waals surface area contributed by atoms with Crippen molar-refractivity contribution in [2.45, 2.75) is 13.3 Å². The number of hydrogen-bond acceptors (Lipinski definition) is 6. The van der Waals surface area contributed by atoms with E-state index in [1.165, 1.54) is 0 Å². The zero-order valence-corrected chi connectivity index (χ0v) is 13.4. The molecular formula is C16H18N6O2. The Morgan fingerprint density at radius 1 is 1.25 bits per heavy atom. The number of amides is 1. The molecule has 1 aliphatic rings. The lowest BCUT2D eigenvalue weighted by atomic mass is 10.2. The molecule has 0 atom stereocenters. The Morgan fingerprint density at radius 2 is 2.08 bits per heavy atom. The van der Waals surface area contributed by atoms with E-state index in [1.807, 2.05) is 30.2 Å². The van der Waals surface area contributed by atoms with Crippen molar-refractivity contribution in [2.24, 2.45) is 0 Å². The van der Waals surface area contributed by atoms with Crippen molar-refractivity contribution in [3.8, 4) is 0 Å². The maximum atomic E-state index is 12.4. The predicted molar refractivity (Wildman–Crippen MR) is 86.7 cm³/mol. The molecule has 4 heterocycles. The van der Waals surface area contributed by atoms with E-state index in [9.17, 15) is 4.79 Å². The summed E-state index contributed by atoms with van der Waals surface area (Å²) in [6, 6.07) is 5.72. The van der Waals surface area contributed by atoms with Crippen molar-refractivity contribution in [1.29, 1.82) is 0 Å². The maximum absolute atomic E-state index is 12.4. The normalized spacial score (nSPS) is 15.2. The Morgan fingerprint density at radius 3 is 2.83 bits per heavy atom. The Balaban J connectivity index is 1.38. The summed E-state index contributed by atoms with van der Waals surface area (Å²) in [6.07, 6.45) is 3.83. The van der Waals surface area contributed by atoms with Crippen LogP contribution in [0.2, 0.25) is 0 Å². The first-order valence-corrected chi connectivity index (χ1v) is 7.94. The number of fused-ring (bicyclic) bond motifs is 1. The molecule has 1 aliphatic heterocycles. The van der Waals surface area contributed by atoms with Gasteiger partial charge in [-0.3, -0.25) is 4.79 Å². The highest BCUT2D eigenvalue weighted by atomic mass is 16.5. The predicted octanol–water partition coefficient (Wildman–Crippen LogP) is 0.917. The molecule has 0 aromatic carbocycles. The van der Waals surface area contributed by atoms with E-state index in [0.29, 0.717) is 18.8 Å². The zero-order chi connectivity index (χ0) is 16.5. The topological polar surface area (TPSA) is 79.8 Å². The maximum Gasteiger partial charge on any atom is 0.230 e. The summed E-state index contributed by atoms with van der Waals surface area (Å²) in [4.78, 5) is 20.6. The van der Waals surface area contributed by atoms with Crippen LogP contribution in [0, 0.1) is 6.92 Å². The van der Waals surface area contributed by atoms with Crippen molar-refractivity contribution >= 4 is 17.4 Å². The number of aromatic nitrogens is 4. The number of rotatable bonds is 3. The molecule has 3 aromatic rings. The number of hydrogen-bond donors (Lipinski definition) is 0. The number of nitrogens with zero attached hydrogens (tertiary/aromatic N) is 6. The largest absolute Gasteiger partial charge is 0.361 e. The molecule has 1 amide bonds. The average Bonchev–Trinajstić information content (AvgIpc) is 3.23. The van der Waals surface area contributed by atoms with E-state index in [4.69, 9.17) is 4.52 Å². The summed E-state index contributed by atoms with van der Waals surface area (Å²) < 4.78 is 6.89. The van der Waals surface area contributed by atoms with Gasteiger partial charge < -0.3 is 14.3 Å². The van der Waals surface area contributed by atoms with Gasteiger partial charge in [-0.05, 0) is 19.1 Å². The standard InChI is InChI=1S/C16H18N6O2/c1-12-10-13(24-19-12)11-16(23)21-8-6-20(7-9-21)15-3-2-14-17-4-5-22(14)18-15/h2-5,10H,6-9,11H2,1H3. The summed E-state index contributed by atoms with van der Waals surface area (Å²) in [5.41, 5.74) is 1.62. The van der Waals surface area contributed by atoms with Crippen LogP contribution in [0.1, 0.15) is 11.5 Å². The molecule has 0 saturated carbocycles. The second-order valence-corrected chi connectivity index (χ2v) is 5.90. The Labute approximate surface area is 138 Å². The third-order valence-electron chi connectivity index (χ3n) is 4.20. The smallest absolute Gasteiger partial charge is 0.230 e. The van der Waals surface area contributed by atoms with Crippen molar-refractivity contribution in [1.82, 2.24) is 24.7 Å². The quantitative estimate of drug-likeness (QED) is 0.712. The molecule has 0 bridgehead atoms. The molecule has 0 unspecified atom stereocenters. The molecule has 0 spiro atoms. The molecule has 0 radical (unpaired) electrons. The molecule has 8 nitrogen and oxygen atoms in total. The van der Waals surface area contributed by atoms with Gasteiger partial charge in [-0.2, -0.15) is 0 Å². The van der Waals surface area contributed by atoms with Crippen molar-refractivity contribution in [2.75, 3.05) is 31.1 Å². The fourth-order valence-electron chi connectivity index (χ4n) is 2.92. The molecule has 1 fully saturated rings. The van der Waals surface area contributed by atoms with Crippen molar-refractivity contribution in [3.63, 3.8) is 0 Å². The minimum absolute atomic E-state index is 0.0730. The summed E-state index contributed by atoms with van der Waals surface area (Å²) >= 11 is 0. The number of carbonyl (C=O) groups is 1. The van der Waals surface area contributed by atoms with Crippen LogP contribution in [-0.4, -0.2) is 56.7 Å². The molecule has 1 saturated heterocycles. The Bertz CT molecular complexity index is 862. The SMILES string of the molecule is Cc1cc(CC(=O)N2CCN(c3ccc4nccn4n3)CC2)on1. The molecule has 4 rings (SSSR count). The number of piperazine rings is 1. The fraction of sp³-hybridized carbons (Fsp3) is 0.375. The summed E-state index contributed by atoms with van der Waals surface area (Å²) in [5.74, 6) is 1.59. The van der Waals surface area contributed by atoms with E-state index in [0.717, 1.165) is 30.2 Å². The number of anilines is 1.